The van der Waals surface area contributed by atoms with E-state index in [1.165, 1.54) is 0 Å². The number of esters is 2. The van der Waals surface area contributed by atoms with Crippen LogP contribution < -0.4 is 0 Å². The summed E-state index contributed by atoms with van der Waals surface area (Å²) in [6, 6.07) is 0. The first-order valence-electron chi connectivity index (χ1n) is 6.06. The summed E-state index contributed by atoms with van der Waals surface area (Å²) < 4.78 is 65.1. The van der Waals surface area contributed by atoms with E-state index in [-0.39, 0.29) is 6.42 Å². The molecule has 11 heteroatoms. The van der Waals surface area contributed by atoms with Crippen molar-refractivity contribution in [3.05, 3.63) is 6.61 Å². The smallest absolute Gasteiger partial charge is 0.309 e. The largest absolute Gasteiger partial charge is 0.746 e. The number of carbonyl (C=O) groups excluding carboxylic acids is 2. The van der Waals surface area contributed by atoms with E-state index in [0.717, 1.165) is 7.11 Å². The van der Waals surface area contributed by atoms with Crippen LogP contribution in [0.1, 0.15) is 25.7 Å². The van der Waals surface area contributed by atoms with Crippen LogP contribution in [0.5, 0.6) is 0 Å². The number of halogens is 2. The molecule has 0 heterocycles. The molecule has 0 aliphatic heterocycles. The zero-order valence-corrected chi connectivity index (χ0v) is 19.0. The third kappa shape index (κ3) is 4.35. The predicted octanol–water partition coefficient (Wildman–Crippen LogP) is 0.809. The molecule has 1 aliphatic carbocycles. The van der Waals surface area contributed by atoms with Crippen LogP contribution in [0.3, 0.4) is 0 Å². The standard InChI is InChI=1S/C11H15F2O7S.Rf/c1-19-9(14)7-4-2-3-5-8(7)10(15)20-6-11(12,13)21(16,17)18;/h6-8H,2-5H2,1H3,(H,16,17,18);/q-1;/p-1. The van der Waals surface area contributed by atoms with Gasteiger partial charge in [0.15, 0.2) is 0 Å². The number of hydrogen-bond acceptors (Lipinski definition) is 7. The van der Waals surface area contributed by atoms with Gasteiger partial charge in [0.25, 0.3) is 11.2 Å². The number of methoxy groups -OCH3 is 1. The van der Waals surface area contributed by atoms with Gasteiger partial charge in [0.2, 0.25) is 0 Å². The van der Waals surface area contributed by atoms with Crippen molar-refractivity contribution in [1.29, 1.82) is 0 Å². The van der Waals surface area contributed by atoms with Crippen LogP contribution >= 0.6 is 0 Å². The summed E-state index contributed by atoms with van der Waals surface area (Å²) in [5.74, 6) is -3.69. The first kappa shape index (κ1) is 19.7. The second kappa shape index (κ2) is 7.12. The molecule has 0 spiro atoms. The Hall–Kier alpha value is -2.29. The zero-order valence-electron chi connectivity index (χ0n) is 11.8. The number of alkyl halides is 2. The van der Waals surface area contributed by atoms with E-state index >= 15 is 0 Å². The van der Waals surface area contributed by atoms with Gasteiger partial charge in [0.1, 0.15) is 10.1 Å². The van der Waals surface area contributed by atoms with Gasteiger partial charge in [-0.3, -0.25) is 9.59 Å². The minimum atomic E-state index is -5.97. The molecule has 2 unspecified atom stereocenters. The van der Waals surface area contributed by atoms with Crippen molar-refractivity contribution < 1.29 is 40.8 Å². The van der Waals surface area contributed by atoms with Crippen LogP contribution in [0.4, 0.5) is 8.78 Å². The molecule has 1 aliphatic rings. The Morgan fingerprint density at radius 3 is 2.05 bits per heavy atom. The molecule has 0 radical (unpaired) electrons. The van der Waals surface area contributed by atoms with Crippen LogP contribution in [-0.2, 0) is 29.2 Å². The fraction of sp³-hybridized carbons (Fsp3) is 0.727. The summed E-state index contributed by atoms with van der Waals surface area (Å²) in [6.07, 6.45) is 1.81. The first-order chi connectivity index (χ1) is 9.60. The van der Waals surface area contributed by atoms with Crippen molar-refractivity contribution in [3.8, 4) is 0 Å². The molecule has 0 aromatic heterocycles. The number of ether oxygens (including phenoxy) is 2. The van der Waals surface area contributed by atoms with Gasteiger partial charge in [0.05, 0.1) is 18.9 Å². The second-order valence-corrected chi connectivity index (χ2v) is 6.04. The van der Waals surface area contributed by atoms with E-state index in [2.05, 4.69) is 9.47 Å². The van der Waals surface area contributed by atoms with E-state index in [9.17, 15) is 31.3 Å². The van der Waals surface area contributed by atoms with Crippen LogP contribution in [0.2, 0.25) is 0 Å². The molecule has 22 heavy (non-hydrogen) atoms. The van der Waals surface area contributed by atoms with Crippen molar-refractivity contribution >= 4 is 22.1 Å². The number of carbonyl (C=O) groups is 2. The van der Waals surface area contributed by atoms with Crippen LogP contribution in [0.15, 0.2) is 0 Å². The molecule has 1 fully saturated rings. The Balaban J connectivity index is 0.00000441. The molecule has 0 N–H and O–H groups in total. The van der Waals surface area contributed by atoms with Crippen molar-refractivity contribution in [1.82, 2.24) is 0 Å². The molecule has 7 nitrogen and oxygen atoms in total. The Kier molecular flexibility index (Phi) is 6.38. The third-order valence-corrected chi connectivity index (χ3v) is 3.98. The fourth-order valence-electron chi connectivity index (χ4n) is 2.12. The van der Waals surface area contributed by atoms with Gasteiger partial charge < -0.3 is 14.0 Å². The molecule has 1 saturated carbocycles. The molecule has 0 saturated heterocycles. The van der Waals surface area contributed by atoms with Crippen molar-refractivity contribution in [2.24, 2.45) is 11.8 Å². The van der Waals surface area contributed by atoms with E-state index < -0.39 is 45.8 Å². The van der Waals surface area contributed by atoms with E-state index in [0.29, 0.717) is 19.3 Å². The molecule has 2 atom stereocenters. The van der Waals surface area contributed by atoms with Gasteiger partial charge in [-0.25, -0.2) is 17.2 Å². The van der Waals surface area contributed by atoms with Gasteiger partial charge in [-0.2, -0.15) is 0 Å². The molecule has 0 aromatic rings. The molecular weight excluding hydrogens is 581 g/mol. The molecule has 124 valence electrons. The summed E-state index contributed by atoms with van der Waals surface area (Å²) in [4.78, 5) is 23.2. The number of rotatable bonds is 5. The summed E-state index contributed by atoms with van der Waals surface area (Å²) >= 11 is 0. The minimum Gasteiger partial charge on any atom is -0.746 e. The average molecular weight is 595 g/mol. The quantitative estimate of drug-likeness (QED) is 0.263. The Morgan fingerprint density at radius 1 is 1.18 bits per heavy atom. The summed E-state index contributed by atoms with van der Waals surface area (Å²) in [5, 5.41) is -4.82. The van der Waals surface area contributed by atoms with Crippen LogP contribution in [-0.4, -0.2) is 37.3 Å². The summed E-state index contributed by atoms with van der Waals surface area (Å²) in [6.45, 7) is -0.611. The van der Waals surface area contributed by atoms with Crippen LogP contribution in [0, 0.1) is 18.4 Å². The van der Waals surface area contributed by atoms with Gasteiger partial charge in [-0.1, -0.05) is 19.4 Å². The molecule has 0 amide bonds. The maximum absolute atomic E-state index is 12.9. The average Bonchev–Trinajstić information content (AvgIpc) is 2.42. The maximum Gasteiger partial charge on any atom is 0.309 e. The Labute approximate surface area is 120 Å². The Bertz CT molecular complexity index is 509. The van der Waals surface area contributed by atoms with Gasteiger partial charge >= 0.3 is 5.97 Å². The van der Waals surface area contributed by atoms with Crippen molar-refractivity contribution in [2.45, 2.75) is 30.9 Å². The molecule has 0 bridgehead atoms. The normalized spacial score (nSPS) is 22.4. The summed E-state index contributed by atoms with van der Waals surface area (Å²) in [5.41, 5.74) is 0. The Morgan fingerprint density at radius 2 is 1.64 bits per heavy atom. The van der Waals surface area contributed by atoms with E-state index in [1.807, 2.05) is 0 Å². The van der Waals surface area contributed by atoms with Gasteiger partial charge in [0, 0.05) is 0 Å². The molecular formula is C11H14F2O7RfS-2. The van der Waals surface area contributed by atoms with Gasteiger partial charge in [-0.15, -0.1) is 0 Å². The fourth-order valence-corrected chi connectivity index (χ4v) is 2.29. The number of hydrogen-bond donors (Lipinski definition) is 0. The SMILES string of the molecule is COC(=O)C1CCCCC1C(=O)O[CH-]C(F)(F)S(=O)(=O)[O-].[Rf]. The van der Waals surface area contributed by atoms with Crippen molar-refractivity contribution in [3.63, 3.8) is 0 Å². The minimum absolute atomic E-state index is 0. The molecule has 0 aromatic carbocycles. The summed E-state index contributed by atoms with van der Waals surface area (Å²) in [7, 11) is -4.84. The predicted molar refractivity (Wildman–Crippen MR) is 62.5 cm³/mol. The van der Waals surface area contributed by atoms with Gasteiger partial charge in [-0.05, 0) is 12.8 Å². The second-order valence-electron chi connectivity index (χ2n) is 4.59. The third-order valence-electron chi connectivity index (χ3n) is 3.22. The molecule has 1 rings (SSSR count). The monoisotopic (exact) mass is 595 g/mol. The van der Waals surface area contributed by atoms with E-state index in [1.54, 1.807) is 0 Å². The topological polar surface area (TPSA) is 110 Å². The van der Waals surface area contributed by atoms with E-state index in [4.69, 9.17) is 0 Å². The zero-order chi connectivity index (χ0) is 16.3. The van der Waals surface area contributed by atoms with Crippen molar-refractivity contribution in [2.75, 3.05) is 7.11 Å². The maximum atomic E-state index is 12.9. The van der Waals surface area contributed by atoms with Crippen LogP contribution in [0.25, 0.3) is 0 Å². The first-order valence-corrected chi connectivity index (χ1v) is 7.47.